The summed E-state index contributed by atoms with van der Waals surface area (Å²) in [4.78, 5) is 16.5. The molecule has 0 aliphatic rings. The molecule has 6 nitrogen and oxygen atoms in total. The zero-order chi connectivity index (χ0) is 12.1. The van der Waals surface area contributed by atoms with Crippen LogP contribution in [0, 0.1) is 13.8 Å². The summed E-state index contributed by atoms with van der Waals surface area (Å²) in [6, 6.07) is 0. The molecular formula is C10H16N4O2. The highest BCUT2D eigenvalue weighted by molar-refractivity contribution is 5.72. The van der Waals surface area contributed by atoms with E-state index in [9.17, 15) is 4.79 Å². The molecule has 6 heteroatoms. The van der Waals surface area contributed by atoms with Gasteiger partial charge in [-0.05, 0) is 20.3 Å². The minimum absolute atomic E-state index is 0.0992. The second-order valence-corrected chi connectivity index (χ2v) is 3.60. The molecule has 0 amide bonds. The average molecular weight is 224 g/mol. The van der Waals surface area contributed by atoms with Gasteiger partial charge in [0, 0.05) is 6.54 Å². The first kappa shape index (κ1) is 12.4. The van der Waals surface area contributed by atoms with Crippen LogP contribution >= 0.6 is 0 Å². The van der Waals surface area contributed by atoms with Gasteiger partial charge in [-0.1, -0.05) is 6.92 Å². The van der Waals surface area contributed by atoms with Crippen molar-refractivity contribution in [3.63, 3.8) is 0 Å². The first-order valence-corrected chi connectivity index (χ1v) is 5.19. The molecule has 0 aliphatic heterocycles. The van der Waals surface area contributed by atoms with Gasteiger partial charge in [-0.3, -0.25) is 4.79 Å². The van der Waals surface area contributed by atoms with E-state index in [0.29, 0.717) is 12.5 Å². The number of anilines is 1. The van der Waals surface area contributed by atoms with Crippen LogP contribution in [-0.4, -0.2) is 39.3 Å². The molecule has 0 spiro atoms. The molecule has 1 aromatic heterocycles. The number of hydrogen-bond acceptors (Lipinski definition) is 5. The van der Waals surface area contributed by atoms with Crippen molar-refractivity contribution < 1.29 is 9.90 Å². The van der Waals surface area contributed by atoms with Gasteiger partial charge in [-0.15, -0.1) is 5.10 Å². The van der Waals surface area contributed by atoms with Gasteiger partial charge in [0.05, 0.1) is 11.4 Å². The standard InChI is InChI=1S/C10H16N4O2/c1-4-5-14(6-9(15)16)10-11-7(2)8(3)12-13-10/h4-6H2,1-3H3,(H,15,16). The molecule has 0 saturated heterocycles. The molecule has 0 fully saturated rings. The van der Waals surface area contributed by atoms with Crippen molar-refractivity contribution >= 4 is 11.9 Å². The minimum Gasteiger partial charge on any atom is -0.480 e. The molecule has 0 aliphatic carbocycles. The van der Waals surface area contributed by atoms with Crippen LogP contribution in [0.15, 0.2) is 0 Å². The van der Waals surface area contributed by atoms with Crippen LogP contribution in [0.3, 0.4) is 0 Å². The Morgan fingerprint density at radius 2 is 2.00 bits per heavy atom. The summed E-state index contributed by atoms with van der Waals surface area (Å²) < 4.78 is 0. The van der Waals surface area contributed by atoms with Crippen LogP contribution in [0.2, 0.25) is 0 Å². The lowest BCUT2D eigenvalue weighted by atomic mass is 10.4. The number of rotatable bonds is 5. The van der Waals surface area contributed by atoms with E-state index >= 15 is 0 Å². The van der Waals surface area contributed by atoms with Crippen molar-refractivity contribution in [2.75, 3.05) is 18.0 Å². The molecule has 0 atom stereocenters. The topological polar surface area (TPSA) is 79.2 Å². The lowest BCUT2D eigenvalue weighted by Gasteiger charge is -2.19. The molecule has 88 valence electrons. The Labute approximate surface area is 94.3 Å². The summed E-state index contributed by atoms with van der Waals surface area (Å²) in [6.45, 7) is 6.14. The summed E-state index contributed by atoms with van der Waals surface area (Å²) in [5.41, 5.74) is 1.53. The average Bonchev–Trinajstić information content (AvgIpc) is 2.21. The number of aromatic nitrogens is 3. The number of aliphatic carboxylic acids is 1. The zero-order valence-electron chi connectivity index (χ0n) is 9.77. The minimum atomic E-state index is -0.893. The number of hydrogen-bond donors (Lipinski definition) is 1. The van der Waals surface area contributed by atoms with Crippen molar-refractivity contribution in [2.45, 2.75) is 27.2 Å². The number of carboxylic acid groups (broad SMARTS) is 1. The summed E-state index contributed by atoms with van der Waals surface area (Å²) in [5.74, 6) is -0.511. The fraction of sp³-hybridized carbons (Fsp3) is 0.600. The maximum atomic E-state index is 10.7. The molecule has 1 heterocycles. The molecular weight excluding hydrogens is 208 g/mol. The fourth-order valence-corrected chi connectivity index (χ4v) is 1.26. The normalized spacial score (nSPS) is 10.2. The molecule has 0 radical (unpaired) electrons. The van der Waals surface area contributed by atoms with Crippen LogP contribution in [-0.2, 0) is 4.79 Å². The van der Waals surface area contributed by atoms with Crippen LogP contribution in [0.4, 0.5) is 5.95 Å². The Morgan fingerprint density at radius 3 is 2.50 bits per heavy atom. The van der Waals surface area contributed by atoms with E-state index in [4.69, 9.17) is 5.11 Å². The van der Waals surface area contributed by atoms with E-state index in [0.717, 1.165) is 17.8 Å². The van der Waals surface area contributed by atoms with E-state index in [1.165, 1.54) is 0 Å². The van der Waals surface area contributed by atoms with Crippen LogP contribution in [0.5, 0.6) is 0 Å². The lowest BCUT2D eigenvalue weighted by molar-refractivity contribution is -0.135. The van der Waals surface area contributed by atoms with E-state index in [2.05, 4.69) is 15.2 Å². The van der Waals surface area contributed by atoms with Crippen molar-refractivity contribution in [3.8, 4) is 0 Å². The first-order valence-electron chi connectivity index (χ1n) is 5.19. The van der Waals surface area contributed by atoms with Gasteiger partial charge in [-0.2, -0.15) is 5.10 Å². The molecule has 1 aromatic rings. The quantitative estimate of drug-likeness (QED) is 0.796. The predicted octanol–water partition coefficient (Wildman–Crippen LogP) is 0.789. The molecule has 16 heavy (non-hydrogen) atoms. The third-order valence-electron chi connectivity index (χ3n) is 2.18. The monoisotopic (exact) mass is 224 g/mol. The Balaban J connectivity index is 2.91. The van der Waals surface area contributed by atoms with E-state index in [1.54, 1.807) is 4.90 Å². The van der Waals surface area contributed by atoms with Crippen LogP contribution in [0.1, 0.15) is 24.7 Å². The van der Waals surface area contributed by atoms with Crippen molar-refractivity contribution in [1.29, 1.82) is 0 Å². The second kappa shape index (κ2) is 5.39. The zero-order valence-corrected chi connectivity index (χ0v) is 9.77. The summed E-state index contributed by atoms with van der Waals surface area (Å²) in [5, 5.41) is 16.6. The number of nitrogens with zero attached hydrogens (tertiary/aromatic N) is 4. The maximum absolute atomic E-state index is 10.7. The third kappa shape index (κ3) is 3.15. The van der Waals surface area contributed by atoms with Crippen LogP contribution < -0.4 is 4.90 Å². The molecule has 0 saturated carbocycles. The number of aryl methyl sites for hydroxylation is 2. The highest BCUT2D eigenvalue weighted by Crippen LogP contribution is 2.08. The summed E-state index contributed by atoms with van der Waals surface area (Å²) in [6.07, 6.45) is 0.837. The van der Waals surface area contributed by atoms with Crippen molar-refractivity contribution in [3.05, 3.63) is 11.4 Å². The first-order chi connectivity index (χ1) is 7.54. The van der Waals surface area contributed by atoms with Gasteiger partial charge in [-0.25, -0.2) is 4.98 Å². The highest BCUT2D eigenvalue weighted by Gasteiger charge is 2.13. The molecule has 0 bridgehead atoms. The van der Waals surface area contributed by atoms with Gasteiger partial charge < -0.3 is 10.0 Å². The summed E-state index contributed by atoms with van der Waals surface area (Å²) in [7, 11) is 0. The Bertz CT molecular complexity index is 381. The fourth-order valence-electron chi connectivity index (χ4n) is 1.26. The number of carboxylic acids is 1. The van der Waals surface area contributed by atoms with Crippen molar-refractivity contribution in [1.82, 2.24) is 15.2 Å². The Hall–Kier alpha value is -1.72. The number of carbonyl (C=O) groups is 1. The van der Waals surface area contributed by atoms with Gasteiger partial charge in [0.15, 0.2) is 0 Å². The molecule has 1 rings (SSSR count). The molecule has 1 N–H and O–H groups in total. The van der Waals surface area contributed by atoms with E-state index in [1.807, 2.05) is 20.8 Å². The van der Waals surface area contributed by atoms with E-state index < -0.39 is 5.97 Å². The van der Waals surface area contributed by atoms with Crippen LogP contribution in [0.25, 0.3) is 0 Å². The van der Waals surface area contributed by atoms with Gasteiger partial charge in [0.25, 0.3) is 0 Å². The van der Waals surface area contributed by atoms with Crippen molar-refractivity contribution in [2.24, 2.45) is 0 Å². The second-order valence-electron chi connectivity index (χ2n) is 3.60. The highest BCUT2D eigenvalue weighted by atomic mass is 16.4. The van der Waals surface area contributed by atoms with Gasteiger partial charge >= 0.3 is 5.97 Å². The summed E-state index contributed by atoms with van der Waals surface area (Å²) >= 11 is 0. The largest absolute Gasteiger partial charge is 0.480 e. The Kier molecular flexibility index (Phi) is 4.16. The molecule has 0 unspecified atom stereocenters. The smallest absolute Gasteiger partial charge is 0.323 e. The lowest BCUT2D eigenvalue weighted by Crippen LogP contribution is -2.32. The van der Waals surface area contributed by atoms with E-state index in [-0.39, 0.29) is 6.54 Å². The maximum Gasteiger partial charge on any atom is 0.323 e. The van der Waals surface area contributed by atoms with Gasteiger partial charge in [0.1, 0.15) is 6.54 Å². The third-order valence-corrected chi connectivity index (χ3v) is 2.18. The molecule has 0 aromatic carbocycles. The van der Waals surface area contributed by atoms with Gasteiger partial charge in [0.2, 0.25) is 5.95 Å². The predicted molar refractivity (Wildman–Crippen MR) is 59.4 cm³/mol. The Morgan fingerprint density at radius 1 is 1.31 bits per heavy atom. The SMILES string of the molecule is CCCN(CC(=O)O)c1nnc(C)c(C)n1.